The maximum Gasteiger partial charge on any atom is 0.0410 e. The Morgan fingerprint density at radius 2 is 1.61 bits per heavy atom. The molecule has 0 saturated heterocycles. The molecular weight excluding hydrogens is 278 g/mol. The van der Waals surface area contributed by atoms with Gasteiger partial charge in [-0.05, 0) is 53.7 Å². The summed E-state index contributed by atoms with van der Waals surface area (Å²) in [6.07, 6.45) is 3.87. The van der Waals surface area contributed by atoms with E-state index in [2.05, 4.69) is 74.6 Å². The molecule has 2 aromatic rings. The van der Waals surface area contributed by atoms with E-state index in [1.54, 1.807) is 0 Å². The van der Waals surface area contributed by atoms with Gasteiger partial charge in [-0.15, -0.1) is 0 Å². The Morgan fingerprint density at radius 1 is 0.913 bits per heavy atom. The van der Waals surface area contributed by atoms with Crippen LogP contribution in [0, 0.1) is 5.92 Å². The molecule has 0 unspecified atom stereocenters. The number of para-hydroxylation sites is 1. The van der Waals surface area contributed by atoms with E-state index in [-0.39, 0.29) is 0 Å². The lowest BCUT2D eigenvalue weighted by Crippen LogP contribution is -2.12. The van der Waals surface area contributed by atoms with Crippen molar-refractivity contribution in [1.29, 1.82) is 0 Å². The van der Waals surface area contributed by atoms with Gasteiger partial charge < -0.3 is 5.32 Å². The zero-order valence-electron chi connectivity index (χ0n) is 14.7. The van der Waals surface area contributed by atoms with Gasteiger partial charge in [0.25, 0.3) is 0 Å². The summed E-state index contributed by atoms with van der Waals surface area (Å²) in [6.45, 7) is 7.99. The summed E-state index contributed by atoms with van der Waals surface area (Å²) in [5.41, 5.74) is 5.78. The Labute approximate surface area is 141 Å². The molecule has 2 aromatic carbocycles. The van der Waals surface area contributed by atoms with Crippen LogP contribution in [0.2, 0.25) is 0 Å². The smallest absolute Gasteiger partial charge is 0.0410 e. The van der Waals surface area contributed by atoms with E-state index in [1.807, 2.05) is 0 Å². The van der Waals surface area contributed by atoms with Crippen molar-refractivity contribution >= 4 is 5.69 Å². The highest BCUT2D eigenvalue weighted by molar-refractivity contribution is 5.60. The fourth-order valence-electron chi connectivity index (χ4n) is 3.48. The number of rotatable bonds is 7. The van der Waals surface area contributed by atoms with Crippen molar-refractivity contribution in [3.63, 3.8) is 0 Å². The second kappa shape index (κ2) is 7.21. The molecule has 0 aliphatic heterocycles. The van der Waals surface area contributed by atoms with Gasteiger partial charge in [-0.2, -0.15) is 0 Å². The first-order valence-electron chi connectivity index (χ1n) is 9.07. The molecule has 0 amide bonds. The summed E-state index contributed by atoms with van der Waals surface area (Å²) in [7, 11) is 0. The van der Waals surface area contributed by atoms with Crippen LogP contribution in [0.3, 0.4) is 0 Å². The highest BCUT2D eigenvalue weighted by atomic mass is 14.9. The molecule has 1 heteroatoms. The van der Waals surface area contributed by atoms with Crippen molar-refractivity contribution in [3.05, 3.63) is 65.2 Å². The fraction of sp³-hybridized carbons (Fsp3) is 0.455. The monoisotopic (exact) mass is 307 g/mol. The van der Waals surface area contributed by atoms with E-state index in [1.165, 1.54) is 35.2 Å². The van der Waals surface area contributed by atoms with Crippen molar-refractivity contribution in [2.75, 3.05) is 11.9 Å². The van der Waals surface area contributed by atoms with Crippen LogP contribution in [0.4, 0.5) is 5.69 Å². The molecular formula is C22H29N. The van der Waals surface area contributed by atoms with Crippen molar-refractivity contribution in [2.45, 2.75) is 51.9 Å². The molecule has 0 aromatic heterocycles. The first-order valence-corrected chi connectivity index (χ1v) is 9.07. The van der Waals surface area contributed by atoms with E-state index < -0.39 is 0 Å². The van der Waals surface area contributed by atoms with Gasteiger partial charge in [-0.25, -0.2) is 0 Å². The molecule has 0 bridgehead atoms. The Morgan fingerprint density at radius 3 is 2.26 bits per heavy atom. The van der Waals surface area contributed by atoms with Gasteiger partial charge in [0.15, 0.2) is 0 Å². The fourth-order valence-corrected chi connectivity index (χ4v) is 3.48. The van der Waals surface area contributed by atoms with Gasteiger partial charge >= 0.3 is 0 Å². The standard InChI is InChI=1S/C22H29N/c1-16(2)20-10-7-11-21(17(3)19-12-13-19)22(20)23-15-14-18-8-5-4-6-9-18/h4-11,16-17,19,23H,12-15H2,1-3H3/t17-/m1/s1. The molecule has 122 valence electrons. The van der Waals surface area contributed by atoms with Gasteiger partial charge in [0.1, 0.15) is 0 Å². The predicted octanol–water partition coefficient (Wildman–Crippen LogP) is 5.98. The minimum atomic E-state index is 0.556. The third-order valence-corrected chi connectivity index (χ3v) is 5.13. The number of hydrogen-bond acceptors (Lipinski definition) is 1. The summed E-state index contributed by atoms with van der Waals surface area (Å²) in [5, 5.41) is 3.78. The third-order valence-electron chi connectivity index (χ3n) is 5.13. The van der Waals surface area contributed by atoms with Gasteiger partial charge in [0, 0.05) is 12.2 Å². The summed E-state index contributed by atoms with van der Waals surface area (Å²) >= 11 is 0. The molecule has 23 heavy (non-hydrogen) atoms. The second-order valence-electron chi connectivity index (χ2n) is 7.25. The minimum Gasteiger partial charge on any atom is -0.384 e. The quantitative estimate of drug-likeness (QED) is 0.663. The highest BCUT2D eigenvalue weighted by Crippen LogP contribution is 2.45. The lowest BCUT2D eigenvalue weighted by molar-refractivity contribution is 0.663. The molecule has 1 nitrogen and oxygen atoms in total. The molecule has 0 radical (unpaired) electrons. The number of nitrogens with one attached hydrogen (secondary N) is 1. The third kappa shape index (κ3) is 3.96. The molecule has 1 fully saturated rings. The van der Waals surface area contributed by atoms with Gasteiger partial charge in [0.05, 0.1) is 0 Å². The van der Waals surface area contributed by atoms with E-state index in [0.717, 1.165) is 18.9 Å². The average Bonchev–Trinajstić information content (AvgIpc) is 3.40. The first kappa shape index (κ1) is 16.1. The molecule has 0 spiro atoms. The van der Waals surface area contributed by atoms with Crippen LogP contribution < -0.4 is 5.32 Å². The molecule has 1 saturated carbocycles. The van der Waals surface area contributed by atoms with Crippen LogP contribution in [-0.4, -0.2) is 6.54 Å². The van der Waals surface area contributed by atoms with Crippen molar-refractivity contribution < 1.29 is 0 Å². The molecule has 1 atom stereocenters. The molecule has 3 rings (SSSR count). The van der Waals surface area contributed by atoms with Crippen molar-refractivity contribution in [1.82, 2.24) is 0 Å². The van der Waals surface area contributed by atoms with Crippen LogP contribution in [0.25, 0.3) is 0 Å². The Hall–Kier alpha value is -1.76. The maximum atomic E-state index is 3.78. The number of anilines is 1. The molecule has 1 aliphatic rings. The van der Waals surface area contributed by atoms with Crippen LogP contribution in [-0.2, 0) is 6.42 Å². The Kier molecular flexibility index (Phi) is 5.05. The van der Waals surface area contributed by atoms with E-state index >= 15 is 0 Å². The molecule has 1 N–H and O–H groups in total. The zero-order valence-corrected chi connectivity index (χ0v) is 14.7. The van der Waals surface area contributed by atoms with Crippen LogP contribution >= 0.6 is 0 Å². The zero-order chi connectivity index (χ0) is 16.2. The predicted molar refractivity (Wildman–Crippen MR) is 100 cm³/mol. The molecule has 1 aliphatic carbocycles. The normalized spacial score (nSPS) is 15.7. The summed E-state index contributed by atoms with van der Waals surface area (Å²) < 4.78 is 0. The topological polar surface area (TPSA) is 12.0 Å². The number of hydrogen-bond donors (Lipinski definition) is 1. The van der Waals surface area contributed by atoms with E-state index in [0.29, 0.717) is 11.8 Å². The van der Waals surface area contributed by atoms with Crippen molar-refractivity contribution in [2.24, 2.45) is 5.92 Å². The van der Waals surface area contributed by atoms with Gasteiger partial charge in [0.2, 0.25) is 0 Å². The average molecular weight is 307 g/mol. The van der Waals surface area contributed by atoms with E-state index in [9.17, 15) is 0 Å². The van der Waals surface area contributed by atoms with Crippen molar-refractivity contribution in [3.8, 4) is 0 Å². The highest BCUT2D eigenvalue weighted by Gasteiger charge is 2.30. The van der Waals surface area contributed by atoms with E-state index in [4.69, 9.17) is 0 Å². The van der Waals surface area contributed by atoms with Gasteiger partial charge in [-0.3, -0.25) is 0 Å². The minimum absolute atomic E-state index is 0.556. The summed E-state index contributed by atoms with van der Waals surface area (Å²) in [4.78, 5) is 0. The van der Waals surface area contributed by atoms with Crippen LogP contribution in [0.5, 0.6) is 0 Å². The Bertz CT molecular complexity index is 626. The second-order valence-corrected chi connectivity index (χ2v) is 7.25. The van der Waals surface area contributed by atoms with Gasteiger partial charge in [-0.1, -0.05) is 69.3 Å². The Balaban J connectivity index is 1.77. The lowest BCUT2D eigenvalue weighted by Gasteiger charge is -2.22. The first-order chi connectivity index (χ1) is 11.2. The summed E-state index contributed by atoms with van der Waals surface area (Å²) in [6, 6.07) is 17.6. The largest absolute Gasteiger partial charge is 0.384 e. The molecule has 0 heterocycles. The SMILES string of the molecule is CC(C)c1cccc([C@H](C)C2CC2)c1NCCc1ccccc1. The van der Waals surface area contributed by atoms with Crippen LogP contribution in [0.1, 0.15) is 62.1 Å². The maximum absolute atomic E-state index is 3.78. The lowest BCUT2D eigenvalue weighted by atomic mass is 9.89. The summed E-state index contributed by atoms with van der Waals surface area (Å²) in [5.74, 6) is 2.13. The number of benzene rings is 2. The van der Waals surface area contributed by atoms with Crippen LogP contribution in [0.15, 0.2) is 48.5 Å².